The molecule has 0 aliphatic heterocycles. The summed E-state index contributed by atoms with van der Waals surface area (Å²) in [6.45, 7) is 4.35. The summed E-state index contributed by atoms with van der Waals surface area (Å²) in [5.41, 5.74) is 8.82. The minimum atomic E-state index is -0.478. The Balaban J connectivity index is 1.59. The maximum atomic E-state index is 12.2. The number of nitrogens with one attached hydrogen (secondary N) is 1. The van der Waals surface area contributed by atoms with E-state index in [2.05, 4.69) is 54.2 Å². The molecule has 0 aliphatic carbocycles. The highest BCUT2D eigenvalue weighted by molar-refractivity contribution is 5.94. The molecule has 3 N–H and O–H groups in total. The van der Waals surface area contributed by atoms with Crippen LogP contribution in [-0.2, 0) is 11.2 Å². The fourth-order valence-corrected chi connectivity index (χ4v) is 3.28. The van der Waals surface area contributed by atoms with Gasteiger partial charge in [-0.25, -0.2) is 0 Å². The second-order valence-corrected chi connectivity index (χ2v) is 7.02. The largest absolute Gasteiger partial charge is 0.366 e. The lowest BCUT2D eigenvalue weighted by Gasteiger charge is -2.08. The van der Waals surface area contributed by atoms with Crippen molar-refractivity contribution in [1.29, 1.82) is 0 Å². The van der Waals surface area contributed by atoms with Crippen molar-refractivity contribution in [2.75, 3.05) is 5.32 Å². The van der Waals surface area contributed by atoms with Crippen molar-refractivity contribution in [1.82, 2.24) is 4.57 Å². The number of nitrogens with two attached hydrogens (primary N) is 1. The molecule has 140 valence electrons. The molecule has 0 radical (unpaired) electrons. The van der Waals surface area contributed by atoms with Crippen LogP contribution in [0.1, 0.15) is 48.7 Å². The number of hydrogen-bond acceptors (Lipinski definition) is 2. The Bertz CT molecular complexity index is 955. The molecule has 0 atom stereocenters. The van der Waals surface area contributed by atoms with Crippen LogP contribution in [0.25, 0.3) is 10.9 Å². The average Bonchev–Trinajstić information content (AvgIpc) is 3.01. The molecule has 27 heavy (non-hydrogen) atoms. The Morgan fingerprint density at radius 1 is 1.07 bits per heavy atom. The third-order valence-corrected chi connectivity index (χ3v) is 4.68. The highest BCUT2D eigenvalue weighted by atomic mass is 16.1. The highest BCUT2D eigenvalue weighted by Crippen LogP contribution is 2.25. The van der Waals surface area contributed by atoms with E-state index < -0.39 is 5.91 Å². The molecule has 0 fully saturated rings. The predicted molar refractivity (Wildman–Crippen MR) is 109 cm³/mol. The number of hydrogen-bond donors (Lipinski definition) is 2. The van der Waals surface area contributed by atoms with E-state index in [9.17, 15) is 9.59 Å². The lowest BCUT2D eigenvalue weighted by Crippen LogP contribution is -2.13. The number of benzene rings is 2. The monoisotopic (exact) mass is 363 g/mol. The summed E-state index contributed by atoms with van der Waals surface area (Å²) >= 11 is 0. The van der Waals surface area contributed by atoms with Crippen LogP contribution in [0.4, 0.5) is 5.69 Å². The van der Waals surface area contributed by atoms with Crippen LogP contribution in [0.5, 0.6) is 0 Å². The Labute approximate surface area is 159 Å². The third-order valence-electron chi connectivity index (χ3n) is 4.68. The number of para-hydroxylation sites is 1. The second-order valence-electron chi connectivity index (χ2n) is 7.02. The number of fused-ring (bicyclic) bond motifs is 1. The molecule has 1 aromatic heterocycles. The first-order chi connectivity index (χ1) is 13.0. The number of rotatable bonds is 7. The van der Waals surface area contributed by atoms with Gasteiger partial charge in [-0.05, 0) is 62.6 Å². The van der Waals surface area contributed by atoms with Crippen molar-refractivity contribution < 1.29 is 9.59 Å². The molecule has 0 saturated heterocycles. The molecule has 0 unspecified atom stereocenters. The summed E-state index contributed by atoms with van der Waals surface area (Å²) in [7, 11) is 0. The number of nitrogens with zero attached hydrogens (tertiary/aromatic N) is 1. The Hall–Kier alpha value is -3.08. The van der Waals surface area contributed by atoms with Gasteiger partial charge in [0.2, 0.25) is 11.8 Å². The number of amides is 2. The molecule has 2 amide bonds. The van der Waals surface area contributed by atoms with Gasteiger partial charge in [-0.2, -0.15) is 0 Å². The van der Waals surface area contributed by atoms with Gasteiger partial charge < -0.3 is 15.6 Å². The lowest BCUT2D eigenvalue weighted by atomic mass is 10.1. The zero-order valence-corrected chi connectivity index (χ0v) is 15.7. The van der Waals surface area contributed by atoms with Crippen LogP contribution in [0.15, 0.2) is 54.7 Å². The summed E-state index contributed by atoms with van der Waals surface area (Å²) in [5.74, 6) is -0.511. The van der Waals surface area contributed by atoms with E-state index in [0.717, 1.165) is 12.8 Å². The predicted octanol–water partition coefficient (Wildman–Crippen LogP) is 4.28. The first-order valence-electron chi connectivity index (χ1n) is 9.24. The normalized spacial score (nSPS) is 11.1. The average molecular weight is 363 g/mol. The van der Waals surface area contributed by atoms with Gasteiger partial charge in [-0.3, -0.25) is 9.59 Å². The smallest absolute Gasteiger partial charge is 0.248 e. The van der Waals surface area contributed by atoms with E-state index in [1.54, 1.807) is 24.3 Å². The van der Waals surface area contributed by atoms with Crippen LogP contribution < -0.4 is 11.1 Å². The highest BCUT2D eigenvalue weighted by Gasteiger charge is 2.11. The fourth-order valence-electron chi connectivity index (χ4n) is 3.28. The number of anilines is 1. The van der Waals surface area contributed by atoms with Gasteiger partial charge in [0.05, 0.1) is 0 Å². The zero-order chi connectivity index (χ0) is 19.4. The van der Waals surface area contributed by atoms with Crippen LogP contribution in [0.3, 0.4) is 0 Å². The van der Waals surface area contributed by atoms with Gasteiger partial charge in [-0.1, -0.05) is 18.2 Å². The van der Waals surface area contributed by atoms with Crippen molar-refractivity contribution in [2.45, 2.75) is 39.2 Å². The first-order valence-corrected chi connectivity index (χ1v) is 9.24. The van der Waals surface area contributed by atoms with Crippen LogP contribution >= 0.6 is 0 Å². The number of carbonyl (C=O) groups is 2. The fraction of sp³-hybridized carbons (Fsp3) is 0.273. The molecule has 1 heterocycles. The van der Waals surface area contributed by atoms with E-state index in [1.807, 2.05) is 0 Å². The first kappa shape index (κ1) is 18.7. The number of primary amides is 1. The summed E-state index contributed by atoms with van der Waals surface area (Å²) in [6, 6.07) is 15.4. The zero-order valence-electron chi connectivity index (χ0n) is 15.7. The van der Waals surface area contributed by atoms with Crippen molar-refractivity contribution in [2.24, 2.45) is 5.73 Å². The van der Waals surface area contributed by atoms with E-state index in [-0.39, 0.29) is 5.91 Å². The molecule has 3 aromatic rings. The minimum Gasteiger partial charge on any atom is -0.366 e. The number of aromatic nitrogens is 1. The van der Waals surface area contributed by atoms with E-state index in [1.165, 1.54) is 16.5 Å². The van der Waals surface area contributed by atoms with Gasteiger partial charge in [0, 0.05) is 40.8 Å². The maximum absolute atomic E-state index is 12.2. The summed E-state index contributed by atoms with van der Waals surface area (Å²) in [6.07, 6.45) is 4.28. The molecule has 0 spiro atoms. The SMILES string of the molecule is CC(C)n1cc(CCCC(=O)Nc2ccc(C(N)=O)cc2)c2ccccc21. The molecule has 0 aliphatic rings. The van der Waals surface area contributed by atoms with Crippen molar-refractivity contribution in [3.63, 3.8) is 0 Å². The van der Waals surface area contributed by atoms with Gasteiger partial charge in [0.1, 0.15) is 0 Å². The summed E-state index contributed by atoms with van der Waals surface area (Å²) in [4.78, 5) is 23.3. The third kappa shape index (κ3) is 4.37. The van der Waals surface area contributed by atoms with Gasteiger partial charge in [-0.15, -0.1) is 0 Å². The van der Waals surface area contributed by atoms with E-state index >= 15 is 0 Å². The molecule has 3 rings (SSSR count). The lowest BCUT2D eigenvalue weighted by molar-refractivity contribution is -0.116. The van der Waals surface area contributed by atoms with Gasteiger partial charge in [0.15, 0.2) is 0 Å². The van der Waals surface area contributed by atoms with Crippen LogP contribution in [-0.4, -0.2) is 16.4 Å². The van der Waals surface area contributed by atoms with E-state index in [0.29, 0.717) is 23.7 Å². The van der Waals surface area contributed by atoms with Crippen LogP contribution in [0, 0.1) is 0 Å². The molecule has 5 heteroatoms. The maximum Gasteiger partial charge on any atom is 0.248 e. The second kappa shape index (κ2) is 8.08. The quantitative estimate of drug-likeness (QED) is 0.657. The molecular weight excluding hydrogens is 338 g/mol. The van der Waals surface area contributed by atoms with Crippen molar-refractivity contribution >= 4 is 28.4 Å². The summed E-state index contributed by atoms with van der Waals surface area (Å²) < 4.78 is 2.28. The van der Waals surface area contributed by atoms with Gasteiger partial charge >= 0.3 is 0 Å². The summed E-state index contributed by atoms with van der Waals surface area (Å²) in [5, 5.41) is 4.12. The van der Waals surface area contributed by atoms with Crippen molar-refractivity contribution in [3.8, 4) is 0 Å². The molecule has 0 saturated carbocycles. The molecular formula is C22H25N3O2. The topological polar surface area (TPSA) is 77.1 Å². The Morgan fingerprint density at radius 3 is 2.44 bits per heavy atom. The van der Waals surface area contributed by atoms with Crippen molar-refractivity contribution in [3.05, 3.63) is 65.9 Å². The molecule has 2 aromatic carbocycles. The minimum absolute atomic E-state index is 0.0329. The Kier molecular flexibility index (Phi) is 5.60. The van der Waals surface area contributed by atoms with Gasteiger partial charge in [0.25, 0.3) is 0 Å². The standard InChI is InChI=1S/C22H25N3O2/c1-15(2)25-14-17(19-7-3-4-8-20(19)25)6-5-9-21(26)24-18-12-10-16(11-13-18)22(23)27/h3-4,7-8,10-15H,5-6,9H2,1-2H3,(H2,23,27)(H,24,26). The molecule has 5 nitrogen and oxygen atoms in total. The number of carbonyl (C=O) groups excluding carboxylic acids is 2. The van der Waals surface area contributed by atoms with Crippen LogP contribution in [0.2, 0.25) is 0 Å². The number of aryl methyl sites for hydroxylation is 1. The Morgan fingerprint density at radius 2 is 1.78 bits per heavy atom. The molecule has 0 bridgehead atoms. The van der Waals surface area contributed by atoms with E-state index in [4.69, 9.17) is 5.73 Å².